The molecule has 0 radical (unpaired) electrons. The Morgan fingerprint density at radius 3 is 2.26 bits per heavy atom. The van der Waals surface area contributed by atoms with E-state index in [1.54, 1.807) is 0 Å². The van der Waals surface area contributed by atoms with Gasteiger partial charge in [0.25, 0.3) is 5.91 Å². The van der Waals surface area contributed by atoms with Crippen molar-refractivity contribution in [3.63, 3.8) is 0 Å². The summed E-state index contributed by atoms with van der Waals surface area (Å²) in [6.45, 7) is 2.36. The SMILES string of the molecule is CCCCCNC(=O)COC(=O)c1cc(OC)c(Br)c(OC)c1. The summed E-state index contributed by atoms with van der Waals surface area (Å²) in [6.07, 6.45) is 3.05. The number of carbonyl (C=O) groups is 2. The number of ether oxygens (including phenoxy) is 3. The van der Waals surface area contributed by atoms with Crippen molar-refractivity contribution in [1.29, 1.82) is 0 Å². The van der Waals surface area contributed by atoms with E-state index in [2.05, 4.69) is 28.2 Å². The summed E-state index contributed by atoms with van der Waals surface area (Å²) in [5.74, 6) is -0.0380. The molecule has 1 rings (SSSR count). The maximum absolute atomic E-state index is 12.0. The van der Waals surface area contributed by atoms with E-state index < -0.39 is 5.97 Å². The number of hydrogen-bond donors (Lipinski definition) is 1. The molecule has 0 unspecified atom stereocenters. The second kappa shape index (κ2) is 10.1. The van der Waals surface area contributed by atoms with E-state index in [0.717, 1.165) is 19.3 Å². The lowest BCUT2D eigenvalue weighted by atomic mass is 10.2. The van der Waals surface area contributed by atoms with Crippen LogP contribution in [0.2, 0.25) is 0 Å². The summed E-state index contributed by atoms with van der Waals surface area (Å²) >= 11 is 3.32. The topological polar surface area (TPSA) is 73.9 Å². The molecule has 128 valence electrons. The van der Waals surface area contributed by atoms with Gasteiger partial charge in [0, 0.05) is 6.54 Å². The number of nitrogens with one attached hydrogen (secondary N) is 1. The number of hydrogen-bond acceptors (Lipinski definition) is 5. The molecular weight excluding hydrogens is 366 g/mol. The molecule has 0 saturated carbocycles. The fourth-order valence-electron chi connectivity index (χ4n) is 1.86. The van der Waals surface area contributed by atoms with Crippen LogP contribution in [0.25, 0.3) is 0 Å². The van der Waals surface area contributed by atoms with Crippen molar-refractivity contribution in [1.82, 2.24) is 5.32 Å². The lowest BCUT2D eigenvalue weighted by Crippen LogP contribution is -2.29. The van der Waals surface area contributed by atoms with Crippen molar-refractivity contribution in [3.05, 3.63) is 22.2 Å². The van der Waals surface area contributed by atoms with Gasteiger partial charge in [-0.3, -0.25) is 4.79 Å². The van der Waals surface area contributed by atoms with Crippen molar-refractivity contribution in [3.8, 4) is 11.5 Å². The predicted molar refractivity (Wildman–Crippen MR) is 90.1 cm³/mol. The van der Waals surface area contributed by atoms with E-state index in [9.17, 15) is 9.59 Å². The van der Waals surface area contributed by atoms with Gasteiger partial charge in [0.1, 0.15) is 16.0 Å². The van der Waals surface area contributed by atoms with Gasteiger partial charge < -0.3 is 19.5 Å². The molecule has 6 nitrogen and oxygen atoms in total. The fraction of sp³-hybridized carbons (Fsp3) is 0.500. The third-order valence-corrected chi connectivity index (χ3v) is 3.90. The largest absolute Gasteiger partial charge is 0.495 e. The van der Waals surface area contributed by atoms with Gasteiger partial charge in [-0.05, 0) is 34.5 Å². The van der Waals surface area contributed by atoms with E-state index >= 15 is 0 Å². The molecule has 0 aromatic heterocycles. The highest BCUT2D eigenvalue weighted by molar-refractivity contribution is 9.10. The molecule has 1 aromatic rings. The number of benzene rings is 1. The van der Waals surface area contributed by atoms with Crippen LogP contribution in [0.3, 0.4) is 0 Å². The van der Waals surface area contributed by atoms with E-state index in [-0.39, 0.29) is 18.1 Å². The maximum atomic E-state index is 12.0. The fourth-order valence-corrected chi connectivity index (χ4v) is 2.41. The highest BCUT2D eigenvalue weighted by Gasteiger charge is 2.16. The average molecular weight is 388 g/mol. The first-order valence-electron chi connectivity index (χ1n) is 7.38. The van der Waals surface area contributed by atoms with Gasteiger partial charge in [0.05, 0.1) is 19.8 Å². The van der Waals surface area contributed by atoms with Crippen molar-refractivity contribution in [2.45, 2.75) is 26.2 Å². The molecule has 0 spiro atoms. The van der Waals surface area contributed by atoms with Crippen LogP contribution >= 0.6 is 15.9 Å². The number of rotatable bonds is 9. The molecule has 23 heavy (non-hydrogen) atoms. The zero-order valence-corrected chi connectivity index (χ0v) is 15.2. The molecular formula is C16H22BrNO5. The lowest BCUT2D eigenvalue weighted by molar-refractivity contribution is -0.124. The Bertz CT molecular complexity index is 522. The Labute approximate surface area is 144 Å². The predicted octanol–water partition coefficient (Wildman–Crippen LogP) is 2.93. The molecule has 0 fully saturated rings. The third-order valence-electron chi connectivity index (χ3n) is 3.12. The minimum Gasteiger partial charge on any atom is -0.495 e. The molecule has 0 aliphatic carbocycles. The van der Waals surface area contributed by atoms with E-state index in [0.29, 0.717) is 22.5 Å². The van der Waals surface area contributed by atoms with Gasteiger partial charge in [0.15, 0.2) is 6.61 Å². The molecule has 1 N–H and O–H groups in total. The van der Waals surface area contributed by atoms with E-state index in [1.807, 2.05) is 0 Å². The Hall–Kier alpha value is -1.76. The molecule has 7 heteroatoms. The van der Waals surface area contributed by atoms with Gasteiger partial charge in [0.2, 0.25) is 0 Å². The highest BCUT2D eigenvalue weighted by Crippen LogP contribution is 2.35. The van der Waals surface area contributed by atoms with Crippen LogP contribution < -0.4 is 14.8 Å². The molecule has 0 saturated heterocycles. The molecule has 1 aromatic carbocycles. The molecule has 0 atom stereocenters. The van der Waals surface area contributed by atoms with Crippen LogP contribution in [0.15, 0.2) is 16.6 Å². The van der Waals surface area contributed by atoms with Crippen molar-refractivity contribution < 1.29 is 23.8 Å². The Morgan fingerprint density at radius 2 is 1.74 bits per heavy atom. The van der Waals surface area contributed by atoms with Gasteiger partial charge in [-0.1, -0.05) is 19.8 Å². The van der Waals surface area contributed by atoms with Gasteiger partial charge in [-0.25, -0.2) is 4.79 Å². The van der Waals surface area contributed by atoms with Crippen LogP contribution in [0.1, 0.15) is 36.5 Å². The first-order chi connectivity index (χ1) is 11.0. The second-order valence-corrected chi connectivity index (χ2v) is 5.62. The number of esters is 1. The Morgan fingerprint density at radius 1 is 1.13 bits per heavy atom. The van der Waals surface area contributed by atoms with Crippen LogP contribution in [-0.4, -0.2) is 39.2 Å². The van der Waals surface area contributed by atoms with Crippen LogP contribution in [0, 0.1) is 0 Å². The summed E-state index contributed by atoms with van der Waals surface area (Å²) in [5, 5.41) is 2.71. The van der Waals surface area contributed by atoms with Crippen molar-refractivity contribution in [2.75, 3.05) is 27.4 Å². The molecule has 0 aliphatic rings. The molecule has 1 amide bonds. The standard InChI is InChI=1S/C16H22BrNO5/c1-4-5-6-7-18-14(19)10-23-16(20)11-8-12(21-2)15(17)13(9-11)22-3/h8-9H,4-7,10H2,1-3H3,(H,18,19). The van der Waals surface area contributed by atoms with Gasteiger partial charge >= 0.3 is 5.97 Å². The summed E-state index contributed by atoms with van der Waals surface area (Å²) in [6, 6.07) is 3.04. The van der Waals surface area contributed by atoms with Crippen LogP contribution in [0.5, 0.6) is 11.5 Å². The summed E-state index contributed by atoms with van der Waals surface area (Å²) in [7, 11) is 2.97. The number of halogens is 1. The number of carbonyl (C=O) groups excluding carboxylic acids is 2. The number of amides is 1. The van der Waals surface area contributed by atoms with Crippen molar-refractivity contribution >= 4 is 27.8 Å². The Kier molecular flexibility index (Phi) is 8.47. The van der Waals surface area contributed by atoms with Crippen molar-refractivity contribution in [2.24, 2.45) is 0 Å². The zero-order valence-electron chi connectivity index (χ0n) is 13.6. The van der Waals surface area contributed by atoms with Crippen LogP contribution in [0.4, 0.5) is 0 Å². The molecule has 0 bridgehead atoms. The molecule has 0 heterocycles. The Balaban J connectivity index is 2.59. The first-order valence-corrected chi connectivity index (χ1v) is 8.18. The normalized spacial score (nSPS) is 10.1. The zero-order chi connectivity index (χ0) is 17.2. The second-order valence-electron chi connectivity index (χ2n) is 4.83. The van der Waals surface area contributed by atoms with E-state index in [4.69, 9.17) is 14.2 Å². The average Bonchev–Trinajstić information content (AvgIpc) is 2.56. The number of methoxy groups -OCH3 is 2. The van der Waals surface area contributed by atoms with Crippen LogP contribution in [-0.2, 0) is 9.53 Å². The third kappa shape index (κ3) is 6.09. The smallest absolute Gasteiger partial charge is 0.338 e. The minimum absolute atomic E-state index is 0.251. The number of unbranched alkanes of at least 4 members (excludes halogenated alkanes) is 2. The molecule has 0 aliphatic heterocycles. The minimum atomic E-state index is -0.613. The summed E-state index contributed by atoms with van der Waals surface area (Å²) < 4.78 is 15.9. The van der Waals surface area contributed by atoms with Gasteiger partial charge in [-0.2, -0.15) is 0 Å². The van der Waals surface area contributed by atoms with Gasteiger partial charge in [-0.15, -0.1) is 0 Å². The highest BCUT2D eigenvalue weighted by atomic mass is 79.9. The summed E-state index contributed by atoms with van der Waals surface area (Å²) in [5.41, 5.74) is 0.251. The summed E-state index contributed by atoms with van der Waals surface area (Å²) in [4.78, 5) is 23.6. The maximum Gasteiger partial charge on any atom is 0.338 e. The first kappa shape index (κ1) is 19.3. The van der Waals surface area contributed by atoms with E-state index in [1.165, 1.54) is 26.4 Å². The monoisotopic (exact) mass is 387 g/mol. The lowest BCUT2D eigenvalue weighted by Gasteiger charge is -2.11. The quantitative estimate of drug-likeness (QED) is 0.520.